The zero-order valence-electron chi connectivity index (χ0n) is 18.5. The van der Waals surface area contributed by atoms with Gasteiger partial charge in [0.2, 0.25) is 11.8 Å². The Balaban J connectivity index is 1.70. The summed E-state index contributed by atoms with van der Waals surface area (Å²) in [5.41, 5.74) is 1.27. The molecule has 0 radical (unpaired) electrons. The van der Waals surface area contributed by atoms with Crippen molar-refractivity contribution in [3.8, 4) is 28.6 Å². The van der Waals surface area contributed by atoms with Crippen molar-refractivity contribution in [1.29, 1.82) is 0 Å². The van der Waals surface area contributed by atoms with Crippen LogP contribution in [-0.2, 0) is 7.05 Å². The monoisotopic (exact) mass is 500 g/mol. The van der Waals surface area contributed by atoms with E-state index in [1.165, 1.54) is 35.3 Å². The SMILES string of the molecule is Cn1cc2cc(-n3cc4ncc(OCC(F)F)nc4c(-c4ccc(OC(F)F)nc4)c3=O)ccc2n1. The summed E-state index contributed by atoms with van der Waals surface area (Å²) < 4.78 is 62.6. The molecule has 184 valence electrons. The van der Waals surface area contributed by atoms with Crippen LogP contribution in [0.25, 0.3) is 38.8 Å². The summed E-state index contributed by atoms with van der Waals surface area (Å²) in [6.07, 6.45) is 2.88. The maximum absolute atomic E-state index is 13.7. The quantitative estimate of drug-likeness (QED) is 0.312. The number of benzene rings is 1. The summed E-state index contributed by atoms with van der Waals surface area (Å²) in [6.45, 7) is -3.97. The second-order valence-electron chi connectivity index (χ2n) is 7.63. The summed E-state index contributed by atoms with van der Waals surface area (Å²) in [6, 6.07) is 7.77. The number of ether oxygens (including phenoxy) is 2. The van der Waals surface area contributed by atoms with Crippen LogP contribution in [0.4, 0.5) is 17.6 Å². The molecule has 4 heterocycles. The number of halogens is 4. The molecule has 0 aliphatic heterocycles. The molecule has 0 aliphatic rings. The predicted octanol–water partition coefficient (Wildman–Crippen LogP) is 3.97. The third-order valence-electron chi connectivity index (χ3n) is 5.17. The van der Waals surface area contributed by atoms with Gasteiger partial charge in [0.05, 0.1) is 17.3 Å². The van der Waals surface area contributed by atoms with E-state index >= 15 is 0 Å². The lowest BCUT2D eigenvalue weighted by Crippen LogP contribution is -2.21. The van der Waals surface area contributed by atoms with Crippen LogP contribution in [0, 0.1) is 0 Å². The smallest absolute Gasteiger partial charge is 0.388 e. The number of rotatable bonds is 7. The van der Waals surface area contributed by atoms with E-state index in [0.717, 1.165) is 10.9 Å². The minimum Gasteiger partial charge on any atom is -0.470 e. The van der Waals surface area contributed by atoms with E-state index in [-0.39, 0.29) is 33.9 Å². The maximum atomic E-state index is 13.7. The van der Waals surface area contributed by atoms with Crippen molar-refractivity contribution in [1.82, 2.24) is 29.3 Å². The molecule has 0 atom stereocenters. The molecule has 1 aromatic carbocycles. The van der Waals surface area contributed by atoms with Crippen LogP contribution < -0.4 is 15.0 Å². The molecule has 0 aliphatic carbocycles. The normalized spacial score (nSPS) is 11.6. The first kappa shape index (κ1) is 23.2. The van der Waals surface area contributed by atoms with Gasteiger partial charge in [-0.2, -0.15) is 13.9 Å². The van der Waals surface area contributed by atoms with Gasteiger partial charge in [-0.15, -0.1) is 0 Å². The minimum absolute atomic E-state index is 0.0184. The molecule has 9 nitrogen and oxygen atoms in total. The van der Waals surface area contributed by atoms with Crippen molar-refractivity contribution < 1.29 is 27.0 Å². The Hall–Kier alpha value is -4.55. The molecule has 5 aromatic rings. The molecular formula is C23H16F4N6O3. The van der Waals surface area contributed by atoms with Crippen LogP contribution in [0.5, 0.6) is 11.8 Å². The van der Waals surface area contributed by atoms with Gasteiger partial charge in [-0.05, 0) is 24.3 Å². The summed E-state index contributed by atoms with van der Waals surface area (Å²) >= 11 is 0. The highest BCUT2D eigenvalue weighted by atomic mass is 19.3. The van der Waals surface area contributed by atoms with Crippen molar-refractivity contribution in [3.05, 3.63) is 65.5 Å². The van der Waals surface area contributed by atoms with Gasteiger partial charge >= 0.3 is 6.61 Å². The number of pyridine rings is 2. The summed E-state index contributed by atoms with van der Waals surface area (Å²) in [7, 11) is 1.78. The average Bonchev–Trinajstić information content (AvgIpc) is 3.22. The van der Waals surface area contributed by atoms with Crippen molar-refractivity contribution in [2.45, 2.75) is 13.0 Å². The zero-order chi connectivity index (χ0) is 25.4. The van der Waals surface area contributed by atoms with E-state index in [4.69, 9.17) is 4.74 Å². The third-order valence-corrected chi connectivity index (χ3v) is 5.17. The molecule has 4 aromatic heterocycles. The van der Waals surface area contributed by atoms with E-state index in [1.54, 1.807) is 36.1 Å². The lowest BCUT2D eigenvalue weighted by Gasteiger charge is -2.13. The Morgan fingerprint density at radius 3 is 2.53 bits per heavy atom. The first-order chi connectivity index (χ1) is 17.3. The van der Waals surface area contributed by atoms with Gasteiger partial charge < -0.3 is 9.47 Å². The van der Waals surface area contributed by atoms with E-state index in [2.05, 4.69) is 24.8 Å². The Morgan fingerprint density at radius 1 is 0.972 bits per heavy atom. The minimum atomic E-state index is -3.07. The Morgan fingerprint density at radius 2 is 1.81 bits per heavy atom. The third kappa shape index (κ3) is 4.54. The molecule has 0 saturated heterocycles. The molecule has 0 spiro atoms. The fourth-order valence-electron chi connectivity index (χ4n) is 3.71. The average molecular weight is 500 g/mol. The number of aromatic nitrogens is 6. The second-order valence-corrected chi connectivity index (χ2v) is 7.63. The lowest BCUT2D eigenvalue weighted by molar-refractivity contribution is -0.0528. The van der Waals surface area contributed by atoms with Gasteiger partial charge in [0, 0.05) is 48.3 Å². The molecular weight excluding hydrogens is 484 g/mol. The molecule has 0 unspecified atom stereocenters. The van der Waals surface area contributed by atoms with Crippen LogP contribution in [0.15, 0.2) is 59.9 Å². The number of nitrogens with zero attached hydrogens (tertiary/aromatic N) is 6. The van der Waals surface area contributed by atoms with Crippen LogP contribution in [0.2, 0.25) is 0 Å². The van der Waals surface area contributed by atoms with Crippen LogP contribution in [0.1, 0.15) is 0 Å². The zero-order valence-corrected chi connectivity index (χ0v) is 18.5. The van der Waals surface area contributed by atoms with Crippen LogP contribution in [-0.4, -0.2) is 48.9 Å². The van der Waals surface area contributed by atoms with Crippen molar-refractivity contribution >= 4 is 21.9 Å². The van der Waals surface area contributed by atoms with Gasteiger partial charge in [0.25, 0.3) is 12.0 Å². The molecule has 0 amide bonds. The number of hydrogen-bond donors (Lipinski definition) is 0. The number of aryl methyl sites for hydroxylation is 1. The number of alkyl halides is 4. The van der Waals surface area contributed by atoms with Gasteiger partial charge in [-0.1, -0.05) is 0 Å². The Kier molecular flexibility index (Phi) is 5.96. The fourth-order valence-corrected chi connectivity index (χ4v) is 3.71. The number of fused-ring (bicyclic) bond motifs is 2. The molecule has 0 bridgehead atoms. The number of hydrogen-bond acceptors (Lipinski definition) is 7. The van der Waals surface area contributed by atoms with Crippen LogP contribution in [0.3, 0.4) is 0 Å². The fraction of sp³-hybridized carbons (Fsp3) is 0.174. The molecule has 0 saturated carbocycles. The lowest BCUT2D eigenvalue weighted by atomic mass is 10.1. The van der Waals surface area contributed by atoms with Crippen molar-refractivity contribution in [2.24, 2.45) is 7.05 Å². The predicted molar refractivity (Wildman–Crippen MR) is 121 cm³/mol. The van der Waals surface area contributed by atoms with E-state index in [9.17, 15) is 22.4 Å². The molecule has 13 heteroatoms. The van der Waals surface area contributed by atoms with Gasteiger partial charge in [0.1, 0.15) is 11.0 Å². The van der Waals surface area contributed by atoms with Crippen molar-refractivity contribution in [2.75, 3.05) is 6.61 Å². The first-order valence-electron chi connectivity index (χ1n) is 10.5. The topological polar surface area (TPSA) is 97.0 Å². The summed E-state index contributed by atoms with van der Waals surface area (Å²) in [4.78, 5) is 26.0. The highest BCUT2D eigenvalue weighted by Crippen LogP contribution is 2.27. The standard InChI is InChI=1S/C23H16F4N6O3/c1-32-9-13-6-14(3-4-15(13)31-32)33-10-16-21(30-19(8-28-16)35-11-17(24)25)20(22(33)34)12-2-5-18(29-7-12)36-23(26)27/h2-10,17,23H,11H2,1H3. The highest BCUT2D eigenvalue weighted by molar-refractivity contribution is 5.91. The first-order valence-corrected chi connectivity index (χ1v) is 10.5. The Labute approximate surface area is 199 Å². The molecule has 36 heavy (non-hydrogen) atoms. The van der Waals surface area contributed by atoms with E-state index in [1.807, 2.05) is 0 Å². The molecule has 5 rings (SSSR count). The van der Waals surface area contributed by atoms with E-state index < -0.39 is 25.2 Å². The Bertz CT molecular complexity index is 1620. The van der Waals surface area contributed by atoms with Gasteiger partial charge in [-0.3, -0.25) is 14.0 Å². The largest absolute Gasteiger partial charge is 0.470 e. The molecule has 0 N–H and O–H groups in total. The second kappa shape index (κ2) is 9.24. The maximum Gasteiger partial charge on any atom is 0.388 e. The highest BCUT2D eigenvalue weighted by Gasteiger charge is 2.18. The molecule has 0 fully saturated rings. The summed E-state index contributed by atoms with van der Waals surface area (Å²) in [5, 5.41) is 5.11. The van der Waals surface area contributed by atoms with Gasteiger partial charge in [0.15, 0.2) is 6.61 Å². The van der Waals surface area contributed by atoms with Crippen molar-refractivity contribution in [3.63, 3.8) is 0 Å². The van der Waals surface area contributed by atoms with Gasteiger partial charge in [-0.25, -0.2) is 23.7 Å². The van der Waals surface area contributed by atoms with Crippen LogP contribution >= 0.6 is 0 Å². The van der Waals surface area contributed by atoms with E-state index in [0.29, 0.717) is 5.69 Å². The summed E-state index contributed by atoms with van der Waals surface area (Å²) in [5.74, 6) is -0.549.